The van der Waals surface area contributed by atoms with Gasteiger partial charge in [0.05, 0.1) is 17.4 Å². The monoisotopic (exact) mass is 414 g/mol. The van der Waals surface area contributed by atoms with Crippen LogP contribution in [0.1, 0.15) is 50.7 Å². The minimum absolute atomic E-state index is 0.0400. The van der Waals surface area contributed by atoms with Crippen molar-refractivity contribution in [1.82, 2.24) is 20.2 Å². The fraction of sp³-hybridized carbons (Fsp3) is 0.333. The largest absolute Gasteiger partial charge is 0.401 e. The SMILES string of the molecule is CNc1cc(-c2nnc(Nc3cccnc3)o2)nc2c(C(C)(C)C)cc(C3CC3)cc12. The Kier molecular flexibility index (Phi) is 4.61. The summed E-state index contributed by atoms with van der Waals surface area (Å²) in [5.74, 6) is 1.04. The predicted molar refractivity (Wildman–Crippen MR) is 123 cm³/mol. The second-order valence-corrected chi connectivity index (χ2v) is 9.07. The smallest absolute Gasteiger partial charge is 0.320 e. The lowest BCUT2D eigenvalue weighted by Crippen LogP contribution is -2.13. The number of benzene rings is 1. The van der Waals surface area contributed by atoms with Gasteiger partial charge in [0.15, 0.2) is 0 Å². The van der Waals surface area contributed by atoms with Gasteiger partial charge in [-0.1, -0.05) is 31.9 Å². The molecule has 0 radical (unpaired) electrons. The Bertz CT molecular complexity index is 1240. The van der Waals surface area contributed by atoms with E-state index in [0.29, 0.717) is 23.5 Å². The lowest BCUT2D eigenvalue weighted by molar-refractivity contribution is 0.584. The summed E-state index contributed by atoms with van der Waals surface area (Å²) in [5, 5.41) is 15.9. The Balaban J connectivity index is 1.61. The van der Waals surface area contributed by atoms with Crippen molar-refractivity contribution in [3.05, 3.63) is 53.9 Å². The molecular formula is C24H26N6O. The van der Waals surface area contributed by atoms with Crippen LogP contribution in [0.4, 0.5) is 17.4 Å². The maximum absolute atomic E-state index is 5.87. The van der Waals surface area contributed by atoms with E-state index >= 15 is 0 Å². The van der Waals surface area contributed by atoms with Crippen LogP contribution in [0, 0.1) is 0 Å². The molecule has 158 valence electrons. The highest BCUT2D eigenvalue weighted by atomic mass is 16.4. The van der Waals surface area contributed by atoms with Crippen molar-refractivity contribution < 1.29 is 4.42 Å². The number of fused-ring (bicyclic) bond motifs is 1. The summed E-state index contributed by atoms with van der Waals surface area (Å²) in [6, 6.07) is 10.6. The quantitative estimate of drug-likeness (QED) is 0.437. The third kappa shape index (κ3) is 3.83. The average molecular weight is 415 g/mol. The van der Waals surface area contributed by atoms with Crippen LogP contribution in [-0.2, 0) is 5.41 Å². The highest BCUT2D eigenvalue weighted by molar-refractivity contribution is 5.96. The number of nitrogens with zero attached hydrogens (tertiary/aromatic N) is 4. The topological polar surface area (TPSA) is 88.8 Å². The minimum atomic E-state index is -0.0400. The summed E-state index contributed by atoms with van der Waals surface area (Å²) in [6.45, 7) is 6.69. The molecule has 5 rings (SSSR count). The molecule has 0 atom stereocenters. The number of anilines is 3. The van der Waals surface area contributed by atoms with Crippen molar-refractivity contribution in [3.63, 3.8) is 0 Å². The van der Waals surface area contributed by atoms with Crippen molar-refractivity contribution >= 4 is 28.3 Å². The number of nitrogens with one attached hydrogen (secondary N) is 2. The van der Waals surface area contributed by atoms with Crippen LogP contribution in [0.3, 0.4) is 0 Å². The van der Waals surface area contributed by atoms with Crippen LogP contribution >= 0.6 is 0 Å². The molecule has 3 aromatic heterocycles. The third-order valence-electron chi connectivity index (χ3n) is 5.62. The molecule has 0 saturated heterocycles. The summed E-state index contributed by atoms with van der Waals surface area (Å²) in [5.41, 5.74) is 6.01. The van der Waals surface area contributed by atoms with Gasteiger partial charge in [-0.15, -0.1) is 5.10 Å². The summed E-state index contributed by atoms with van der Waals surface area (Å²) < 4.78 is 5.87. The molecule has 4 aromatic rings. The first-order chi connectivity index (χ1) is 14.9. The third-order valence-corrected chi connectivity index (χ3v) is 5.62. The number of rotatable bonds is 5. The van der Waals surface area contributed by atoms with Crippen LogP contribution in [-0.4, -0.2) is 27.2 Å². The van der Waals surface area contributed by atoms with E-state index in [2.05, 4.69) is 58.7 Å². The van der Waals surface area contributed by atoms with Crippen LogP contribution < -0.4 is 10.6 Å². The van der Waals surface area contributed by atoms with Gasteiger partial charge in [-0.05, 0) is 59.6 Å². The maximum atomic E-state index is 5.87. The summed E-state index contributed by atoms with van der Waals surface area (Å²) in [7, 11) is 1.93. The standard InChI is InChI=1S/C24H26N6O/c1-24(2,3)18-11-15(14-7-8-14)10-17-19(25-4)12-20(28-21(17)18)22-29-30-23(31-22)27-16-6-5-9-26-13-16/h5-6,9-14H,7-8H2,1-4H3,(H,25,28)(H,27,30). The van der Waals surface area contributed by atoms with E-state index in [4.69, 9.17) is 9.40 Å². The molecule has 7 nitrogen and oxygen atoms in total. The molecule has 1 aliphatic carbocycles. The first-order valence-corrected chi connectivity index (χ1v) is 10.6. The molecule has 0 unspecified atom stereocenters. The lowest BCUT2D eigenvalue weighted by Gasteiger charge is -2.23. The molecule has 0 amide bonds. The molecule has 3 heterocycles. The molecule has 1 aromatic carbocycles. The Morgan fingerprint density at radius 1 is 1.10 bits per heavy atom. The van der Waals surface area contributed by atoms with Gasteiger partial charge in [-0.25, -0.2) is 4.98 Å². The second-order valence-electron chi connectivity index (χ2n) is 9.07. The highest BCUT2D eigenvalue weighted by Gasteiger charge is 2.28. The number of hydrogen-bond acceptors (Lipinski definition) is 7. The second kappa shape index (κ2) is 7.34. The van der Waals surface area contributed by atoms with Gasteiger partial charge in [0.2, 0.25) is 0 Å². The van der Waals surface area contributed by atoms with Gasteiger partial charge in [-0.2, -0.15) is 0 Å². The number of pyridine rings is 2. The van der Waals surface area contributed by atoms with Gasteiger partial charge in [0.1, 0.15) is 5.69 Å². The molecule has 2 N–H and O–H groups in total. The molecule has 31 heavy (non-hydrogen) atoms. The van der Waals surface area contributed by atoms with Crippen LogP contribution in [0.15, 0.2) is 47.1 Å². The zero-order valence-corrected chi connectivity index (χ0v) is 18.2. The normalized spacial score (nSPS) is 14.1. The van der Waals surface area contributed by atoms with E-state index in [1.165, 1.54) is 24.0 Å². The fourth-order valence-corrected chi connectivity index (χ4v) is 3.83. The Hall–Kier alpha value is -3.48. The van der Waals surface area contributed by atoms with Crippen LogP contribution in [0.5, 0.6) is 0 Å². The molecule has 0 aliphatic heterocycles. The highest BCUT2D eigenvalue weighted by Crippen LogP contribution is 2.44. The zero-order valence-electron chi connectivity index (χ0n) is 18.2. The lowest BCUT2D eigenvalue weighted by atomic mass is 9.83. The van der Waals surface area contributed by atoms with E-state index in [-0.39, 0.29) is 5.41 Å². The predicted octanol–water partition coefficient (Wildman–Crippen LogP) is 5.64. The number of aromatic nitrogens is 4. The molecule has 1 saturated carbocycles. The van der Waals surface area contributed by atoms with E-state index in [1.807, 2.05) is 25.2 Å². The first-order valence-electron chi connectivity index (χ1n) is 10.6. The zero-order chi connectivity index (χ0) is 21.6. The van der Waals surface area contributed by atoms with E-state index in [0.717, 1.165) is 22.3 Å². The van der Waals surface area contributed by atoms with Crippen molar-refractivity contribution in [2.24, 2.45) is 0 Å². The molecule has 7 heteroatoms. The fourth-order valence-electron chi connectivity index (χ4n) is 3.83. The van der Waals surface area contributed by atoms with Gasteiger partial charge < -0.3 is 15.1 Å². The van der Waals surface area contributed by atoms with E-state index in [9.17, 15) is 0 Å². The molecule has 1 fully saturated rings. The molecular weight excluding hydrogens is 388 g/mol. The van der Waals surface area contributed by atoms with E-state index < -0.39 is 0 Å². The van der Waals surface area contributed by atoms with Crippen molar-refractivity contribution in [1.29, 1.82) is 0 Å². The Morgan fingerprint density at radius 3 is 2.61 bits per heavy atom. The van der Waals surface area contributed by atoms with Crippen molar-refractivity contribution in [2.75, 3.05) is 17.7 Å². The summed E-state index contributed by atoms with van der Waals surface area (Å²) in [4.78, 5) is 9.07. The van der Waals surface area contributed by atoms with Gasteiger partial charge in [-0.3, -0.25) is 4.98 Å². The molecule has 0 spiro atoms. The van der Waals surface area contributed by atoms with Crippen LogP contribution in [0.25, 0.3) is 22.5 Å². The first kappa shape index (κ1) is 19.5. The van der Waals surface area contributed by atoms with Crippen LogP contribution in [0.2, 0.25) is 0 Å². The summed E-state index contributed by atoms with van der Waals surface area (Å²) in [6.07, 6.45) is 5.95. The van der Waals surface area contributed by atoms with Crippen molar-refractivity contribution in [2.45, 2.75) is 44.9 Å². The summed E-state index contributed by atoms with van der Waals surface area (Å²) >= 11 is 0. The van der Waals surface area contributed by atoms with Gasteiger partial charge >= 0.3 is 6.01 Å². The van der Waals surface area contributed by atoms with Gasteiger partial charge in [0, 0.05) is 24.3 Å². The van der Waals surface area contributed by atoms with E-state index in [1.54, 1.807) is 12.4 Å². The molecule has 1 aliphatic rings. The Labute approximate surface area is 181 Å². The van der Waals surface area contributed by atoms with Gasteiger partial charge in [0.25, 0.3) is 5.89 Å². The maximum Gasteiger partial charge on any atom is 0.320 e. The van der Waals surface area contributed by atoms with Crippen molar-refractivity contribution in [3.8, 4) is 11.6 Å². The Morgan fingerprint density at radius 2 is 1.94 bits per heavy atom. The minimum Gasteiger partial charge on any atom is -0.401 e. The number of hydrogen-bond donors (Lipinski definition) is 2. The average Bonchev–Trinajstić information content (AvgIpc) is 3.51. The molecule has 0 bridgehead atoms.